The topological polar surface area (TPSA) is 32.7 Å². The number of fused-ring (bicyclic) bond motifs is 1. The zero-order chi connectivity index (χ0) is 20.1. The number of benzene rings is 3. The molecule has 1 aliphatic rings. The number of aliphatic hydroxyl groups is 1. The van der Waals surface area contributed by atoms with Gasteiger partial charge in [-0.25, -0.2) is 4.39 Å². The largest absolute Gasteiger partial charge is 0.490 e. The molecule has 1 saturated heterocycles. The predicted octanol–water partition coefficient (Wildman–Crippen LogP) is 5.34. The zero-order valence-electron chi connectivity index (χ0n) is 16.6. The van der Waals surface area contributed by atoms with Crippen molar-refractivity contribution in [3.05, 3.63) is 78.1 Å². The Hall–Kier alpha value is -2.43. The summed E-state index contributed by atoms with van der Waals surface area (Å²) < 4.78 is 19.8. The standard InChI is InChI=1S/C25H28FNO2/c26-22-10-7-20(8-11-22)25-18-24(13-15-27(25)14-3-4-16-28)29-23-12-9-19-5-1-2-6-21(19)17-23/h1-2,5-12,17,24-25,28H,3-4,13-16,18H2. The van der Waals surface area contributed by atoms with Gasteiger partial charge in [0.25, 0.3) is 0 Å². The zero-order valence-corrected chi connectivity index (χ0v) is 16.6. The summed E-state index contributed by atoms with van der Waals surface area (Å²) in [5, 5.41) is 11.5. The molecule has 3 aromatic rings. The van der Waals surface area contributed by atoms with E-state index in [1.54, 1.807) is 0 Å². The predicted molar refractivity (Wildman–Crippen MR) is 115 cm³/mol. The summed E-state index contributed by atoms with van der Waals surface area (Å²) in [4.78, 5) is 2.45. The van der Waals surface area contributed by atoms with Crippen LogP contribution in [0.25, 0.3) is 10.8 Å². The van der Waals surface area contributed by atoms with Crippen LogP contribution in [0.4, 0.5) is 4.39 Å². The molecule has 2 atom stereocenters. The lowest BCUT2D eigenvalue weighted by molar-refractivity contribution is 0.0533. The van der Waals surface area contributed by atoms with E-state index < -0.39 is 0 Å². The Morgan fingerprint density at radius 3 is 2.55 bits per heavy atom. The third-order valence-electron chi connectivity index (χ3n) is 5.80. The number of nitrogens with zero attached hydrogens (tertiary/aromatic N) is 1. The van der Waals surface area contributed by atoms with Crippen LogP contribution in [-0.4, -0.2) is 35.8 Å². The molecule has 3 nitrogen and oxygen atoms in total. The molecule has 0 spiro atoms. The van der Waals surface area contributed by atoms with Gasteiger partial charge in [0.05, 0.1) is 0 Å². The van der Waals surface area contributed by atoms with E-state index in [0.717, 1.165) is 50.1 Å². The summed E-state index contributed by atoms with van der Waals surface area (Å²) in [6, 6.07) is 21.6. The maximum absolute atomic E-state index is 13.4. The van der Waals surface area contributed by atoms with Crippen LogP contribution in [0.2, 0.25) is 0 Å². The first-order valence-corrected chi connectivity index (χ1v) is 10.5. The van der Waals surface area contributed by atoms with Gasteiger partial charge in [-0.05, 0) is 66.4 Å². The molecule has 1 aliphatic heterocycles. The van der Waals surface area contributed by atoms with Crippen LogP contribution >= 0.6 is 0 Å². The molecule has 2 unspecified atom stereocenters. The smallest absolute Gasteiger partial charge is 0.123 e. The second kappa shape index (κ2) is 9.38. The van der Waals surface area contributed by atoms with E-state index in [1.165, 1.54) is 22.9 Å². The van der Waals surface area contributed by atoms with E-state index >= 15 is 0 Å². The number of unbranched alkanes of at least 4 members (excludes halogenated alkanes) is 1. The van der Waals surface area contributed by atoms with Crippen molar-refractivity contribution in [2.75, 3.05) is 19.7 Å². The molecule has 0 radical (unpaired) electrons. The first-order chi connectivity index (χ1) is 14.2. The number of rotatable bonds is 7. The average molecular weight is 394 g/mol. The van der Waals surface area contributed by atoms with Gasteiger partial charge in [0.2, 0.25) is 0 Å². The molecule has 152 valence electrons. The second-order valence-electron chi connectivity index (χ2n) is 7.81. The van der Waals surface area contributed by atoms with Crippen molar-refractivity contribution < 1.29 is 14.2 Å². The van der Waals surface area contributed by atoms with Crippen LogP contribution in [0.3, 0.4) is 0 Å². The number of ether oxygens (including phenoxy) is 1. The molecule has 0 aromatic heterocycles. The lowest BCUT2D eigenvalue weighted by atomic mass is 9.92. The molecular weight excluding hydrogens is 365 g/mol. The van der Waals surface area contributed by atoms with Gasteiger partial charge in [0.15, 0.2) is 0 Å². The maximum atomic E-state index is 13.4. The van der Waals surface area contributed by atoms with E-state index in [1.807, 2.05) is 30.3 Å². The summed E-state index contributed by atoms with van der Waals surface area (Å²) in [6.07, 6.45) is 3.73. The third kappa shape index (κ3) is 4.95. The number of halogens is 1. The molecule has 29 heavy (non-hydrogen) atoms. The van der Waals surface area contributed by atoms with Crippen LogP contribution in [0, 0.1) is 5.82 Å². The van der Waals surface area contributed by atoms with Gasteiger partial charge in [0, 0.05) is 25.6 Å². The van der Waals surface area contributed by atoms with Gasteiger partial charge in [-0.3, -0.25) is 4.90 Å². The van der Waals surface area contributed by atoms with Gasteiger partial charge in [-0.15, -0.1) is 0 Å². The lowest BCUT2D eigenvalue weighted by Crippen LogP contribution is -2.41. The highest BCUT2D eigenvalue weighted by molar-refractivity contribution is 5.83. The van der Waals surface area contributed by atoms with Crippen LogP contribution in [0.1, 0.15) is 37.3 Å². The minimum atomic E-state index is -0.208. The number of likely N-dealkylation sites (tertiary alicyclic amines) is 1. The molecule has 3 aromatic carbocycles. The highest BCUT2D eigenvalue weighted by Gasteiger charge is 2.30. The van der Waals surface area contributed by atoms with Gasteiger partial charge in [-0.1, -0.05) is 42.5 Å². The molecule has 1 fully saturated rings. The quantitative estimate of drug-likeness (QED) is 0.550. The molecule has 1 heterocycles. The summed E-state index contributed by atoms with van der Waals surface area (Å²) in [7, 11) is 0. The Labute approximate surface area is 171 Å². The minimum Gasteiger partial charge on any atom is -0.490 e. The molecule has 1 N–H and O–H groups in total. The molecule has 0 amide bonds. The van der Waals surface area contributed by atoms with Crippen LogP contribution in [-0.2, 0) is 0 Å². The van der Waals surface area contributed by atoms with Crippen LogP contribution in [0.15, 0.2) is 66.7 Å². The van der Waals surface area contributed by atoms with Crippen molar-refractivity contribution in [2.45, 2.75) is 37.8 Å². The van der Waals surface area contributed by atoms with Gasteiger partial charge in [-0.2, -0.15) is 0 Å². The van der Waals surface area contributed by atoms with E-state index in [4.69, 9.17) is 9.84 Å². The Kier molecular flexibility index (Phi) is 6.43. The van der Waals surface area contributed by atoms with Crippen molar-refractivity contribution in [1.29, 1.82) is 0 Å². The average Bonchev–Trinajstić information content (AvgIpc) is 2.75. The monoisotopic (exact) mass is 393 g/mol. The minimum absolute atomic E-state index is 0.125. The summed E-state index contributed by atoms with van der Waals surface area (Å²) in [5.74, 6) is 0.695. The van der Waals surface area contributed by atoms with Gasteiger partial charge < -0.3 is 9.84 Å². The number of hydrogen-bond acceptors (Lipinski definition) is 3. The van der Waals surface area contributed by atoms with Gasteiger partial charge in [0.1, 0.15) is 17.7 Å². The van der Waals surface area contributed by atoms with Crippen molar-refractivity contribution in [2.24, 2.45) is 0 Å². The fourth-order valence-electron chi connectivity index (χ4n) is 4.25. The highest BCUT2D eigenvalue weighted by Crippen LogP contribution is 2.34. The fraction of sp³-hybridized carbons (Fsp3) is 0.360. The first-order valence-electron chi connectivity index (χ1n) is 10.5. The van der Waals surface area contributed by atoms with Crippen molar-refractivity contribution in [3.63, 3.8) is 0 Å². The molecular formula is C25H28FNO2. The second-order valence-corrected chi connectivity index (χ2v) is 7.81. The summed E-state index contributed by atoms with van der Waals surface area (Å²) >= 11 is 0. The molecule has 0 saturated carbocycles. The lowest BCUT2D eigenvalue weighted by Gasteiger charge is -2.40. The Morgan fingerprint density at radius 2 is 1.76 bits per heavy atom. The van der Waals surface area contributed by atoms with Crippen molar-refractivity contribution >= 4 is 10.8 Å². The van der Waals surface area contributed by atoms with E-state index in [-0.39, 0.29) is 24.6 Å². The third-order valence-corrected chi connectivity index (χ3v) is 5.80. The Morgan fingerprint density at radius 1 is 0.966 bits per heavy atom. The first kappa shape index (κ1) is 19.9. The molecule has 4 rings (SSSR count). The number of aliphatic hydroxyl groups excluding tert-OH is 1. The summed E-state index contributed by atoms with van der Waals surface area (Å²) in [5.41, 5.74) is 1.13. The SMILES string of the molecule is OCCCCN1CCC(Oc2ccc3ccccc3c2)CC1c1ccc(F)cc1. The summed E-state index contributed by atoms with van der Waals surface area (Å²) in [6.45, 7) is 2.10. The Bertz CT molecular complexity index is 928. The Balaban J connectivity index is 1.49. The molecule has 4 heteroatoms. The highest BCUT2D eigenvalue weighted by atomic mass is 19.1. The normalized spacial score (nSPS) is 20.1. The number of hydrogen-bond donors (Lipinski definition) is 1. The number of piperidine rings is 1. The molecule has 0 bridgehead atoms. The fourth-order valence-corrected chi connectivity index (χ4v) is 4.25. The van der Waals surface area contributed by atoms with E-state index in [0.29, 0.717) is 0 Å². The maximum Gasteiger partial charge on any atom is 0.123 e. The van der Waals surface area contributed by atoms with Crippen LogP contribution < -0.4 is 4.74 Å². The van der Waals surface area contributed by atoms with Crippen LogP contribution in [0.5, 0.6) is 5.75 Å². The molecule has 0 aliphatic carbocycles. The van der Waals surface area contributed by atoms with Gasteiger partial charge >= 0.3 is 0 Å². The van der Waals surface area contributed by atoms with E-state index in [2.05, 4.69) is 29.2 Å². The van der Waals surface area contributed by atoms with E-state index in [9.17, 15) is 4.39 Å². The van der Waals surface area contributed by atoms with Crippen molar-refractivity contribution in [1.82, 2.24) is 4.90 Å². The van der Waals surface area contributed by atoms with Crippen molar-refractivity contribution in [3.8, 4) is 5.75 Å².